The molecule has 0 saturated heterocycles. The molecule has 4 nitrogen and oxygen atoms in total. The minimum atomic E-state index is -0.581. The lowest BCUT2D eigenvalue weighted by atomic mass is 10.0. The highest BCUT2D eigenvalue weighted by Crippen LogP contribution is 2.40. The van der Waals surface area contributed by atoms with Crippen LogP contribution in [-0.2, 0) is 6.54 Å². The zero-order valence-corrected chi connectivity index (χ0v) is 16.5. The number of carbonyl (C=O) groups is 1. The quantitative estimate of drug-likeness (QED) is 0.413. The molecular weight excluding hydrogens is 391 g/mol. The lowest BCUT2D eigenvalue weighted by Gasteiger charge is -2.10. The van der Waals surface area contributed by atoms with E-state index in [-0.39, 0.29) is 18.1 Å². The molecule has 0 radical (unpaired) electrons. The van der Waals surface area contributed by atoms with E-state index >= 15 is 0 Å². The van der Waals surface area contributed by atoms with E-state index in [0.29, 0.717) is 32.9 Å². The summed E-state index contributed by atoms with van der Waals surface area (Å²) in [6, 6.07) is 25.2. The van der Waals surface area contributed by atoms with Gasteiger partial charge in [-0.25, -0.2) is 4.39 Å². The minimum Gasteiger partial charge on any atom is -0.507 e. The Labute approximate surface area is 178 Å². The van der Waals surface area contributed by atoms with E-state index in [9.17, 15) is 14.3 Å². The molecule has 152 valence electrons. The fraction of sp³-hybridized carbons (Fsp3) is 0.0385. The van der Waals surface area contributed by atoms with E-state index in [0.717, 1.165) is 11.1 Å². The first-order valence-electron chi connectivity index (χ1n) is 9.91. The van der Waals surface area contributed by atoms with Crippen LogP contribution in [0.1, 0.15) is 15.9 Å². The summed E-state index contributed by atoms with van der Waals surface area (Å²) in [5, 5.41) is 12.1. The van der Waals surface area contributed by atoms with Crippen molar-refractivity contribution in [2.75, 3.05) is 0 Å². The van der Waals surface area contributed by atoms with Crippen molar-refractivity contribution >= 4 is 27.7 Å². The Kier molecular flexibility index (Phi) is 4.44. The van der Waals surface area contributed by atoms with Crippen molar-refractivity contribution in [1.29, 1.82) is 0 Å². The number of hydrogen-bond donors (Lipinski definition) is 2. The number of phenolic OH excluding ortho intramolecular Hbond substituents is 1. The summed E-state index contributed by atoms with van der Waals surface area (Å²) in [4.78, 5) is 12.2. The molecule has 5 aromatic rings. The maximum absolute atomic E-state index is 14.5. The first-order chi connectivity index (χ1) is 15.0. The Morgan fingerprint density at radius 1 is 0.839 bits per heavy atom. The number of phenols is 1. The van der Waals surface area contributed by atoms with Gasteiger partial charge in [0, 0.05) is 16.5 Å². The molecule has 0 fully saturated rings. The van der Waals surface area contributed by atoms with Gasteiger partial charge in [-0.05, 0) is 41.5 Å². The number of benzene rings is 4. The number of halogens is 1. The fourth-order valence-electron chi connectivity index (χ4n) is 4.21. The highest BCUT2D eigenvalue weighted by molar-refractivity contribution is 6.20. The highest BCUT2D eigenvalue weighted by atomic mass is 19.1. The van der Waals surface area contributed by atoms with Crippen molar-refractivity contribution in [1.82, 2.24) is 4.57 Å². The van der Waals surface area contributed by atoms with Crippen LogP contribution in [0, 0.1) is 5.82 Å². The second kappa shape index (κ2) is 7.29. The van der Waals surface area contributed by atoms with Crippen molar-refractivity contribution in [2.24, 2.45) is 5.73 Å². The van der Waals surface area contributed by atoms with Crippen molar-refractivity contribution in [3.8, 4) is 16.9 Å². The van der Waals surface area contributed by atoms with Crippen LogP contribution in [0.4, 0.5) is 4.39 Å². The number of rotatable bonds is 4. The van der Waals surface area contributed by atoms with Gasteiger partial charge >= 0.3 is 0 Å². The number of nitrogens with zero attached hydrogens (tertiary/aromatic N) is 1. The van der Waals surface area contributed by atoms with Gasteiger partial charge in [0.2, 0.25) is 5.91 Å². The van der Waals surface area contributed by atoms with Crippen molar-refractivity contribution in [3.05, 3.63) is 102 Å². The molecule has 0 bridgehead atoms. The monoisotopic (exact) mass is 410 g/mol. The lowest BCUT2D eigenvalue weighted by molar-refractivity contribution is 0.100. The van der Waals surface area contributed by atoms with Crippen molar-refractivity contribution in [3.63, 3.8) is 0 Å². The van der Waals surface area contributed by atoms with Crippen LogP contribution in [-0.4, -0.2) is 15.6 Å². The molecule has 5 heteroatoms. The molecule has 0 unspecified atom stereocenters. The maximum atomic E-state index is 14.5. The van der Waals surface area contributed by atoms with Gasteiger partial charge in [0.25, 0.3) is 0 Å². The zero-order valence-electron chi connectivity index (χ0n) is 16.5. The van der Waals surface area contributed by atoms with Gasteiger partial charge in [-0.2, -0.15) is 0 Å². The van der Waals surface area contributed by atoms with Gasteiger partial charge in [-0.3, -0.25) is 4.79 Å². The molecular formula is C26H19FN2O2. The summed E-state index contributed by atoms with van der Waals surface area (Å²) >= 11 is 0. The third-order valence-corrected chi connectivity index (χ3v) is 5.63. The summed E-state index contributed by atoms with van der Waals surface area (Å²) in [5.74, 6) is -0.851. The highest BCUT2D eigenvalue weighted by Gasteiger charge is 2.20. The number of aromatic hydroxyl groups is 1. The Hall–Kier alpha value is -4.12. The maximum Gasteiger partial charge on any atom is 0.249 e. The summed E-state index contributed by atoms with van der Waals surface area (Å²) in [6.07, 6.45) is 0. The molecule has 31 heavy (non-hydrogen) atoms. The molecule has 0 aliphatic carbocycles. The van der Waals surface area contributed by atoms with Crippen molar-refractivity contribution in [2.45, 2.75) is 6.54 Å². The standard InChI is InChI=1S/C26H19FN2O2/c27-20-11-5-4-9-17(20)15-29-21-12-6-10-19(26(28)31)24(21)25-22(29)13-18(14-23(25)30)16-7-2-1-3-8-16/h1-14,30H,15H2,(H2,28,31). The number of primary amides is 1. The average Bonchev–Trinajstić information content (AvgIpc) is 3.10. The molecule has 0 aliphatic heterocycles. The normalized spacial score (nSPS) is 11.3. The summed E-state index contributed by atoms with van der Waals surface area (Å²) < 4.78 is 16.4. The number of amides is 1. The van der Waals surface area contributed by atoms with Crippen LogP contribution in [0.2, 0.25) is 0 Å². The van der Waals surface area contributed by atoms with Crippen molar-refractivity contribution < 1.29 is 14.3 Å². The molecule has 0 spiro atoms. The molecule has 1 aromatic heterocycles. The topological polar surface area (TPSA) is 68.2 Å². The Morgan fingerprint density at radius 2 is 1.58 bits per heavy atom. The largest absolute Gasteiger partial charge is 0.507 e. The van der Waals surface area contributed by atoms with Crippen LogP contribution < -0.4 is 5.73 Å². The van der Waals surface area contributed by atoms with Gasteiger partial charge in [-0.15, -0.1) is 0 Å². The molecule has 0 saturated carbocycles. The third-order valence-electron chi connectivity index (χ3n) is 5.63. The summed E-state index contributed by atoms with van der Waals surface area (Å²) in [5.41, 5.74) is 9.63. The van der Waals surface area contributed by atoms with Gasteiger partial charge in [0.1, 0.15) is 11.6 Å². The van der Waals surface area contributed by atoms with Gasteiger partial charge in [0.15, 0.2) is 0 Å². The van der Waals surface area contributed by atoms with E-state index < -0.39 is 5.91 Å². The third kappa shape index (κ3) is 3.11. The van der Waals surface area contributed by atoms with E-state index in [4.69, 9.17) is 5.73 Å². The van der Waals surface area contributed by atoms with Crippen LogP contribution in [0.15, 0.2) is 84.9 Å². The second-order valence-electron chi connectivity index (χ2n) is 7.50. The van der Waals surface area contributed by atoms with Crippen LogP contribution >= 0.6 is 0 Å². The smallest absolute Gasteiger partial charge is 0.249 e. The van der Waals surface area contributed by atoms with E-state index in [1.165, 1.54) is 6.07 Å². The molecule has 1 heterocycles. The fourth-order valence-corrected chi connectivity index (χ4v) is 4.21. The average molecular weight is 410 g/mol. The SMILES string of the molecule is NC(=O)c1cccc2c1c1c(O)cc(-c3ccccc3)cc1n2Cc1ccccc1F. The molecule has 3 N–H and O–H groups in total. The number of fused-ring (bicyclic) bond motifs is 3. The number of nitrogens with two attached hydrogens (primary N) is 1. The molecule has 4 aromatic carbocycles. The van der Waals surface area contributed by atoms with Gasteiger partial charge < -0.3 is 15.4 Å². The van der Waals surface area contributed by atoms with Crippen LogP contribution in [0.5, 0.6) is 5.75 Å². The van der Waals surface area contributed by atoms with E-state index in [1.54, 1.807) is 36.4 Å². The Balaban J connectivity index is 1.88. The summed E-state index contributed by atoms with van der Waals surface area (Å²) in [6.45, 7) is 0.243. The number of carbonyl (C=O) groups excluding carboxylic acids is 1. The molecule has 5 rings (SSSR count). The number of hydrogen-bond acceptors (Lipinski definition) is 2. The summed E-state index contributed by atoms with van der Waals surface area (Å²) in [7, 11) is 0. The zero-order chi connectivity index (χ0) is 21.5. The van der Waals surface area contributed by atoms with Gasteiger partial charge in [0.05, 0.1) is 23.0 Å². The van der Waals surface area contributed by atoms with Crippen LogP contribution in [0.25, 0.3) is 32.9 Å². The molecule has 1 amide bonds. The molecule has 0 aliphatic rings. The van der Waals surface area contributed by atoms with E-state index in [2.05, 4.69) is 0 Å². The van der Waals surface area contributed by atoms with E-state index in [1.807, 2.05) is 47.0 Å². The predicted octanol–water partition coefficient (Wildman–Crippen LogP) is 5.45. The first-order valence-corrected chi connectivity index (χ1v) is 9.91. The predicted molar refractivity (Wildman–Crippen MR) is 121 cm³/mol. The first kappa shape index (κ1) is 18.9. The minimum absolute atomic E-state index is 0.0438. The van der Waals surface area contributed by atoms with Gasteiger partial charge in [-0.1, -0.05) is 54.6 Å². The second-order valence-corrected chi connectivity index (χ2v) is 7.50. The Bertz CT molecular complexity index is 1460. The lowest BCUT2D eigenvalue weighted by Crippen LogP contribution is -2.11. The Morgan fingerprint density at radius 3 is 2.32 bits per heavy atom. The number of aromatic nitrogens is 1. The molecule has 0 atom stereocenters. The van der Waals surface area contributed by atoms with Crippen LogP contribution in [0.3, 0.4) is 0 Å².